The van der Waals surface area contributed by atoms with E-state index < -0.39 is 0 Å². The molecule has 0 amide bonds. The standard InChI is InChI=1S/C22H19N3O2S2/c1-27-19-10-5-9-17(21(19)26)14-24-25-18(20-11-6-12-28-20)15-29-22(25)23-13-16-7-3-2-4-8-16/h2-12,14-15,26H,13H2,1H3. The second-order valence-electron chi connectivity index (χ2n) is 6.14. The summed E-state index contributed by atoms with van der Waals surface area (Å²) in [5.41, 5.74) is 2.68. The van der Waals surface area contributed by atoms with Crippen molar-refractivity contribution < 1.29 is 9.84 Å². The Morgan fingerprint density at radius 2 is 1.90 bits per heavy atom. The van der Waals surface area contributed by atoms with E-state index in [9.17, 15) is 5.11 Å². The first-order chi connectivity index (χ1) is 14.3. The van der Waals surface area contributed by atoms with Crippen LogP contribution in [0.4, 0.5) is 0 Å². The summed E-state index contributed by atoms with van der Waals surface area (Å²) < 4.78 is 7.00. The smallest absolute Gasteiger partial charge is 0.206 e. The summed E-state index contributed by atoms with van der Waals surface area (Å²) in [6.07, 6.45) is 1.63. The Kier molecular flexibility index (Phi) is 5.88. The second kappa shape index (κ2) is 8.89. The molecule has 0 unspecified atom stereocenters. The Balaban J connectivity index is 1.75. The number of nitrogens with zero attached hydrogens (tertiary/aromatic N) is 3. The van der Waals surface area contributed by atoms with Crippen LogP contribution >= 0.6 is 22.7 Å². The lowest BCUT2D eigenvalue weighted by atomic mass is 10.2. The molecule has 0 fully saturated rings. The first kappa shape index (κ1) is 19.2. The summed E-state index contributed by atoms with van der Waals surface area (Å²) in [7, 11) is 1.53. The van der Waals surface area contributed by atoms with Crippen LogP contribution in [0.15, 0.2) is 81.5 Å². The van der Waals surface area contributed by atoms with Gasteiger partial charge in [0, 0.05) is 10.9 Å². The molecule has 146 valence electrons. The van der Waals surface area contributed by atoms with Gasteiger partial charge in [-0.3, -0.25) is 4.99 Å². The Morgan fingerprint density at radius 1 is 1.03 bits per heavy atom. The average molecular weight is 422 g/mol. The van der Waals surface area contributed by atoms with Gasteiger partial charge < -0.3 is 9.84 Å². The van der Waals surface area contributed by atoms with Crippen LogP contribution in [-0.4, -0.2) is 23.1 Å². The van der Waals surface area contributed by atoms with Crippen molar-refractivity contribution in [1.82, 2.24) is 4.68 Å². The van der Waals surface area contributed by atoms with Gasteiger partial charge in [-0.15, -0.1) is 22.7 Å². The third-order valence-corrected chi connectivity index (χ3v) is 6.01. The molecule has 1 N–H and O–H groups in total. The molecule has 2 aromatic carbocycles. The van der Waals surface area contributed by atoms with Gasteiger partial charge in [0.05, 0.1) is 30.4 Å². The van der Waals surface area contributed by atoms with Crippen molar-refractivity contribution in [3.63, 3.8) is 0 Å². The number of hydrogen-bond donors (Lipinski definition) is 1. The highest BCUT2D eigenvalue weighted by molar-refractivity contribution is 7.14. The maximum atomic E-state index is 10.3. The molecular formula is C22H19N3O2S2. The zero-order valence-electron chi connectivity index (χ0n) is 15.7. The Hall–Kier alpha value is -3.16. The van der Waals surface area contributed by atoms with Gasteiger partial charge in [0.1, 0.15) is 0 Å². The van der Waals surface area contributed by atoms with E-state index in [1.165, 1.54) is 7.11 Å². The predicted octanol–water partition coefficient (Wildman–Crippen LogP) is 4.98. The van der Waals surface area contributed by atoms with Gasteiger partial charge >= 0.3 is 0 Å². The van der Waals surface area contributed by atoms with Gasteiger partial charge in [-0.2, -0.15) is 5.10 Å². The van der Waals surface area contributed by atoms with E-state index in [4.69, 9.17) is 9.73 Å². The first-order valence-electron chi connectivity index (χ1n) is 8.95. The molecule has 29 heavy (non-hydrogen) atoms. The van der Waals surface area contributed by atoms with Gasteiger partial charge in [0.2, 0.25) is 4.80 Å². The molecule has 0 atom stereocenters. The van der Waals surface area contributed by atoms with Crippen LogP contribution in [0.2, 0.25) is 0 Å². The van der Waals surface area contributed by atoms with Gasteiger partial charge in [-0.1, -0.05) is 42.5 Å². The number of hydrogen-bond acceptors (Lipinski definition) is 6. The molecule has 0 bridgehead atoms. The summed E-state index contributed by atoms with van der Waals surface area (Å²) >= 11 is 3.19. The molecule has 0 aliphatic carbocycles. The van der Waals surface area contributed by atoms with E-state index in [1.807, 2.05) is 40.4 Å². The van der Waals surface area contributed by atoms with Crippen LogP contribution in [0.3, 0.4) is 0 Å². The number of phenols is 1. The molecule has 5 nitrogen and oxygen atoms in total. The van der Waals surface area contributed by atoms with Crippen molar-refractivity contribution in [3.8, 4) is 22.1 Å². The molecule has 0 aliphatic rings. The summed E-state index contributed by atoms with van der Waals surface area (Å²) in [4.78, 5) is 6.65. The van der Waals surface area contributed by atoms with Gasteiger partial charge in [-0.05, 0) is 29.1 Å². The van der Waals surface area contributed by atoms with E-state index in [0.29, 0.717) is 17.9 Å². The fraction of sp³-hybridized carbons (Fsp3) is 0.0909. The highest BCUT2D eigenvalue weighted by atomic mass is 32.1. The highest BCUT2D eigenvalue weighted by Crippen LogP contribution is 2.29. The van der Waals surface area contributed by atoms with Crippen molar-refractivity contribution in [3.05, 3.63) is 87.4 Å². The van der Waals surface area contributed by atoms with Crippen LogP contribution in [0, 0.1) is 0 Å². The molecular weight excluding hydrogens is 402 g/mol. The van der Waals surface area contributed by atoms with Crippen LogP contribution in [0.1, 0.15) is 11.1 Å². The minimum absolute atomic E-state index is 0.0648. The summed E-state index contributed by atoms with van der Waals surface area (Å²) in [5.74, 6) is 0.478. The molecule has 0 aliphatic heterocycles. The normalized spacial score (nSPS) is 12.0. The molecule has 4 aromatic rings. The van der Waals surface area contributed by atoms with Crippen LogP contribution in [-0.2, 0) is 6.54 Å². The summed E-state index contributed by atoms with van der Waals surface area (Å²) in [6.45, 7) is 0.575. The number of rotatable bonds is 6. The fourth-order valence-electron chi connectivity index (χ4n) is 2.78. The minimum Gasteiger partial charge on any atom is -0.504 e. The van der Waals surface area contributed by atoms with Gasteiger partial charge in [-0.25, -0.2) is 4.68 Å². The Bertz CT molecular complexity index is 1180. The molecule has 0 saturated carbocycles. The minimum atomic E-state index is 0.0648. The monoisotopic (exact) mass is 421 g/mol. The molecule has 2 aromatic heterocycles. The maximum absolute atomic E-state index is 10.3. The lowest BCUT2D eigenvalue weighted by Crippen LogP contribution is -2.12. The van der Waals surface area contributed by atoms with E-state index in [0.717, 1.165) is 20.9 Å². The molecule has 4 rings (SSSR count). The number of thiazole rings is 1. The number of ether oxygens (including phenoxy) is 1. The van der Waals surface area contributed by atoms with E-state index in [2.05, 4.69) is 28.7 Å². The number of aromatic nitrogens is 1. The van der Waals surface area contributed by atoms with E-state index >= 15 is 0 Å². The molecule has 0 radical (unpaired) electrons. The number of aromatic hydroxyl groups is 1. The number of phenolic OH excluding ortho intramolecular Hbond substituents is 1. The third-order valence-electron chi connectivity index (χ3n) is 4.26. The van der Waals surface area contributed by atoms with Crippen LogP contribution in [0.5, 0.6) is 11.5 Å². The fourth-order valence-corrected chi connectivity index (χ4v) is 4.41. The number of methoxy groups -OCH3 is 1. The predicted molar refractivity (Wildman–Crippen MR) is 119 cm³/mol. The molecule has 0 saturated heterocycles. The number of thiophene rings is 1. The van der Waals surface area contributed by atoms with Crippen molar-refractivity contribution in [2.24, 2.45) is 10.1 Å². The SMILES string of the molecule is COc1cccc(C=Nn2c(-c3cccs3)csc2=NCc2ccccc2)c1O. The number of para-hydroxylation sites is 1. The second-order valence-corrected chi connectivity index (χ2v) is 7.92. The zero-order valence-corrected chi connectivity index (χ0v) is 17.4. The van der Waals surface area contributed by atoms with Crippen molar-refractivity contribution in [2.45, 2.75) is 6.54 Å². The van der Waals surface area contributed by atoms with Crippen molar-refractivity contribution in [1.29, 1.82) is 0 Å². The molecule has 7 heteroatoms. The van der Waals surface area contributed by atoms with Crippen molar-refractivity contribution >= 4 is 28.9 Å². The zero-order chi connectivity index (χ0) is 20.1. The number of benzene rings is 2. The summed E-state index contributed by atoms with van der Waals surface area (Å²) in [5, 5.41) is 19.1. The molecule has 2 heterocycles. The lowest BCUT2D eigenvalue weighted by Gasteiger charge is -2.05. The first-order valence-corrected chi connectivity index (χ1v) is 10.7. The summed E-state index contributed by atoms with van der Waals surface area (Å²) in [6, 6.07) is 19.5. The molecule has 0 spiro atoms. The van der Waals surface area contributed by atoms with Gasteiger partial charge in [0.25, 0.3) is 0 Å². The highest BCUT2D eigenvalue weighted by Gasteiger charge is 2.09. The van der Waals surface area contributed by atoms with Crippen LogP contribution in [0.25, 0.3) is 10.6 Å². The quantitative estimate of drug-likeness (QED) is 0.447. The maximum Gasteiger partial charge on any atom is 0.206 e. The average Bonchev–Trinajstić information content (AvgIpc) is 3.42. The van der Waals surface area contributed by atoms with Gasteiger partial charge in [0.15, 0.2) is 11.5 Å². The van der Waals surface area contributed by atoms with E-state index in [-0.39, 0.29) is 5.75 Å². The Labute approximate surface area is 176 Å². The van der Waals surface area contributed by atoms with E-state index in [1.54, 1.807) is 41.0 Å². The topological polar surface area (TPSA) is 59.1 Å². The van der Waals surface area contributed by atoms with Crippen LogP contribution < -0.4 is 9.54 Å². The third kappa shape index (κ3) is 4.31. The lowest BCUT2D eigenvalue weighted by molar-refractivity contribution is 0.373. The van der Waals surface area contributed by atoms with Crippen molar-refractivity contribution in [2.75, 3.05) is 7.11 Å². The Morgan fingerprint density at radius 3 is 2.66 bits per heavy atom. The largest absolute Gasteiger partial charge is 0.504 e.